The average Bonchev–Trinajstić information content (AvgIpc) is 2.49. The molecule has 1 amide bonds. The van der Waals surface area contributed by atoms with Crippen molar-refractivity contribution in [3.8, 4) is 5.75 Å². The summed E-state index contributed by atoms with van der Waals surface area (Å²) < 4.78 is 26.8. The van der Waals surface area contributed by atoms with Gasteiger partial charge in [-0.25, -0.2) is 13.1 Å². The molecule has 0 radical (unpaired) electrons. The number of sulfonamides is 1. The molecule has 0 aliphatic rings. The molecule has 2 aromatic rings. The molecular weight excluding hydrogens is 328 g/mol. The molecule has 0 saturated heterocycles. The van der Waals surface area contributed by atoms with E-state index in [1.54, 1.807) is 24.3 Å². The largest absolute Gasteiger partial charge is 0.508 e. The highest BCUT2D eigenvalue weighted by molar-refractivity contribution is 7.89. The molecule has 0 saturated carbocycles. The lowest BCUT2D eigenvalue weighted by Gasteiger charge is -2.09. The maximum atomic E-state index is 12.2. The summed E-state index contributed by atoms with van der Waals surface area (Å²) in [6.07, 6.45) is -0.0142. The summed E-state index contributed by atoms with van der Waals surface area (Å²) in [5.74, 6) is -0.299. The fraction of sp³-hybridized carbons (Fsp3) is 0.235. The van der Waals surface area contributed by atoms with Gasteiger partial charge < -0.3 is 10.4 Å². The van der Waals surface area contributed by atoms with Crippen LogP contribution in [0.15, 0.2) is 47.4 Å². The quantitative estimate of drug-likeness (QED) is 0.746. The number of benzene rings is 2. The molecule has 0 unspecified atom stereocenters. The Bertz CT molecular complexity index is 847. The Morgan fingerprint density at radius 3 is 2.50 bits per heavy atom. The molecular formula is C17H20N2O4S. The molecule has 0 aliphatic heterocycles. The van der Waals surface area contributed by atoms with Gasteiger partial charge in [0.2, 0.25) is 15.9 Å². The van der Waals surface area contributed by atoms with Crippen LogP contribution in [0.25, 0.3) is 0 Å². The third kappa shape index (κ3) is 4.81. The molecule has 0 fully saturated rings. The van der Waals surface area contributed by atoms with E-state index in [-0.39, 0.29) is 29.5 Å². The Hall–Kier alpha value is -2.38. The van der Waals surface area contributed by atoms with Crippen molar-refractivity contribution in [2.24, 2.45) is 0 Å². The summed E-state index contributed by atoms with van der Waals surface area (Å²) in [5, 5.41) is 11.9. The summed E-state index contributed by atoms with van der Waals surface area (Å²) in [6, 6.07) is 11.0. The summed E-state index contributed by atoms with van der Waals surface area (Å²) in [6.45, 7) is 3.74. The molecule has 0 heterocycles. The number of nitrogens with one attached hydrogen (secondary N) is 2. The molecule has 3 N–H and O–H groups in total. The van der Waals surface area contributed by atoms with E-state index in [1.807, 2.05) is 13.8 Å². The zero-order valence-corrected chi connectivity index (χ0v) is 14.4. The number of amides is 1. The first kappa shape index (κ1) is 18.0. The Morgan fingerprint density at radius 1 is 1.08 bits per heavy atom. The van der Waals surface area contributed by atoms with Crippen molar-refractivity contribution in [3.05, 3.63) is 53.6 Å². The van der Waals surface area contributed by atoms with Crippen molar-refractivity contribution >= 4 is 21.6 Å². The minimum atomic E-state index is -3.64. The van der Waals surface area contributed by atoms with Gasteiger partial charge in [0, 0.05) is 24.7 Å². The van der Waals surface area contributed by atoms with Crippen molar-refractivity contribution in [2.75, 3.05) is 11.9 Å². The van der Waals surface area contributed by atoms with Crippen LogP contribution >= 0.6 is 0 Å². The van der Waals surface area contributed by atoms with E-state index in [0.29, 0.717) is 5.69 Å². The average molecular weight is 348 g/mol. The van der Waals surface area contributed by atoms with Crippen molar-refractivity contribution in [1.82, 2.24) is 4.72 Å². The molecule has 7 heteroatoms. The molecule has 0 aliphatic carbocycles. The standard InChI is InChI=1S/C17H20N2O4S/c1-12-6-7-16(10-13(12)2)24(22,23)18-9-8-17(21)19-14-4-3-5-15(20)11-14/h3-7,10-11,18,20H,8-9H2,1-2H3,(H,19,21). The van der Waals surface area contributed by atoms with Crippen LogP contribution in [0.5, 0.6) is 5.75 Å². The Morgan fingerprint density at radius 2 is 1.83 bits per heavy atom. The van der Waals surface area contributed by atoms with Crippen LogP contribution in [0.2, 0.25) is 0 Å². The summed E-state index contributed by atoms with van der Waals surface area (Å²) in [4.78, 5) is 12.0. The lowest BCUT2D eigenvalue weighted by atomic mass is 10.1. The molecule has 6 nitrogen and oxygen atoms in total. The number of carbonyl (C=O) groups is 1. The van der Waals surface area contributed by atoms with Crippen LogP contribution in [-0.4, -0.2) is 26.0 Å². The van der Waals surface area contributed by atoms with Gasteiger partial charge in [0.05, 0.1) is 4.90 Å². The smallest absolute Gasteiger partial charge is 0.240 e. The molecule has 2 aromatic carbocycles. The molecule has 2 rings (SSSR count). The minimum absolute atomic E-state index is 0.0140. The molecule has 0 aromatic heterocycles. The minimum Gasteiger partial charge on any atom is -0.508 e. The summed E-state index contributed by atoms with van der Waals surface area (Å²) >= 11 is 0. The SMILES string of the molecule is Cc1ccc(S(=O)(=O)NCCC(=O)Nc2cccc(O)c2)cc1C. The van der Waals surface area contributed by atoms with E-state index >= 15 is 0 Å². The van der Waals surface area contributed by atoms with E-state index in [4.69, 9.17) is 0 Å². The highest BCUT2D eigenvalue weighted by atomic mass is 32.2. The monoisotopic (exact) mass is 348 g/mol. The number of aromatic hydroxyl groups is 1. The maximum Gasteiger partial charge on any atom is 0.240 e. The van der Waals surface area contributed by atoms with Gasteiger partial charge in [0.25, 0.3) is 0 Å². The first-order valence-electron chi connectivity index (χ1n) is 7.44. The zero-order valence-electron chi connectivity index (χ0n) is 13.5. The number of rotatable bonds is 6. The highest BCUT2D eigenvalue weighted by Gasteiger charge is 2.15. The van der Waals surface area contributed by atoms with Crippen molar-refractivity contribution < 1.29 is 18.3 Å². The lowest BCUT2D eigenvalue weighted by molar-refractivity contribution is -0.116. The Kier molecular flexibility index (Phi) is 5.58. The maximum absolute atomic E-state index is 12.2. The number of hydrogen-bond acceptors (Lipinski definition) is 4. The highest BCUT2D eigenvalue weighted by Crippen LogP contribution is 2.16. The van der Waals surface area contributed by atoms with Crippen LogP contribution in [0.1, 0.15) is 17.5 Å². The number of anilines is 1. The van der Waals surface area contributed by atoms with Gasteiger partial charge in [-0.15, -0.1) is 0 Å². The molecule has 0 spiro atoms. The first-order chi connectivity index (χ1) is 11.3. The first-order valence-corrected chi connectivity index (χ1v) is 8.92. The molecule has 128 valence electrons. The normalized spacial score (nSPS) is 11.2. The van der Waals surface area contributed by atoms with E-state index < -0.39 is 10.0 Å². The van der Waals surface area contributed by atoms with Crippen molar-refractivity contribution in [1.29, 1.82) is 0 Å². The van der Waals surface area contributed by atoms with Crippen LogP contribution < -0.4 is 10.0 Å². The fourth-order valence-electron chi connectivity index (χ4n) is 2.07. The van der Waals surface area contributed by atoms with Crippen molar-refractivity contribution in [3.63, 3.8) is 0 Å². The predicted octanol–water partition coefficient (Wildman–Crippen LogP) is 2.32. The second-order valence-corrected chi connectivity index (χ2v) is 7.26. The fourth-order valence-corrected chi connectivity index (χ4v) is 3.19. The van der Waals surface area contributed by atoms with Gasteiger partial charge >= 0.3 is 0 Å². The number of carbonyl (C=O) groups excluding carboxylic acids is 1. The van der Waals surface area contributed by atoms with E-state index in [2.05, 4.69) is 10.0 Å². The predicted molar refractivity (Wildman–Crippen MR) is 92.5 cm³/mol. The zero-order chi connectivity index (χ0) is 17.7. The second kappa shape index (κ2) is 7.46. The number of aryl methyl sites for hydroxylation is 2. The van der Waals surface area contributed by atoms with Crippen LogP contribution in [-0.2, 0) is 14.8 Å². The van der Waals surface area contributed by atoms with Crippen LogP contribution in [0.3, 0.4) is 0 Å². The van der Waals surface area contributed by atoms with E-state index in [1.165, 1.54) is 18.2 Å². The van der Waals surface area contributed by atoms with Gasteiger partial charge in [-0.2, -0.15) is 0 Å². The van der Waals surface area contributed by atoms with Crippen LogP contribution in [0, 0.1) is 13.8 Å². The topological polar surface area (TPSA) is 95.5 Å². The van der Waals surface area contributed by atoms with Gasteiger partial charge in [0.15, 0.2) is 0 Å². The lowest BCUT2D eigenvalue weighted by Crippen LogP contribution is -2.28. The van der Waals surface area contributed by atoms with E-state index in [9.17, 15) is 18.3 Å². The number of phenols is 1. The third-order valence-electron chi connectivity index (χ3n) is 3.56. The number of hydrogen-bond donors (Lipinski definition) is 3. The van der Waals surface area contributed by atoms with E-state index in [0.717, 1.165) is 11.1 Å². The van der Waals surface area contributed by atoms with Crippen molar-refractivity contribution in [2.45, 2.75) is 25.2 Å². The summed E-state index contributed by atoms with van der Waals surface area (Å²) in [5.41, 5.74) is 2.36. The van der Waals surface area contributed by atoms with Gasteiger partial charge in [0.1, 0.15) is 5.75 Å². The Labute approximate surface area is 141 Å². The Balaban J connectivity index is 1.90. The van der Waals surface area contributed by atoms with Crippen LogP contribution in [0.4, 0.5) is 5.69 Å². The van der Waals surface area contributed by atoms with Gasteiger partial charge in [-0.3, -0.25) is 4.79 Å². The molecule has 0 atom stereocenters. The molecule has 24 heavy (non-hydrogen) atoms. The van der Waals surface area contributed by atoms with Gasteiger partial charge in [-0.05, 0) is 49.2 Å². The summed E-state index contributed by atoms with van der Waals surface area (Å²) in [7, 11) is -3.64. The second-order valence-electron chi connectivity index (χ2n) is 5.49. The number of phenolic OH excluding ortho intramolecular Hbond substituents is 1. The third-order valence-corrected chi connectivity index (χ3v) is 5.02. The van der Waals surface area contributed by atoms with Gasteiger partial charge in [-0.1, -0.05) is 12.1 Å². The molecule has 0 bridgehead atoms.